The van der Waals surface area contributed by atoms with Gasteiger partial charge in [0, 0.05) is 37.1 Å². The molecule has 1 heterocycles. The zero-order valence-electron chi connectivity index (χ0n) is 13.2. The van der Waals surface area contributed by atoms with Crippen molar-refractivity contribution in [3.05, 3.63) is 35.2 Å². The fourth-order valence-corrected chi connectivity index (χ4v) is 2.04. The highest BCUT2D eigenvalue weighted by Gasteiger charge is 2.09. The fourth-order valence-electron chi connectivity index (χ4n) is 1.85. The monoisotopic (exact) mass is 449 g/mol. The largest absolute Gasteiger partial charge is 0.356 e. The van der Waals surface area contributed by atoms with Crippen LogP contribution < -0.4 is 10.6 Å². The summed E-state index contributed by atoms with van der Waals surface area (Å²) in [5.41, 5.74) is 0.843. The van der Waals surface area contributed by atoms with Gasteiger partial charge >= 0.3 is 0 Å². The molecule has 0 aliphatic carbocycles. The van der Waals surface area contributed by atoms with Gasteiger partial charge in [-0.05, 0) is 18.6 Å². The molecule has 23 heavy (non-hydrogen) atoms. The van der Waals surface area contributed by atoms with Crippen molar-refractivity contribution in [1.82, 2.24) is 20.8 Å². The van der Waals surface area contributed by atoms with Crippen LogP contribution in [0.15, 0.2) is 33.8 Å². The lowest BCUT2D eigenvalue weighted by atomic mass is 10.2. The van der Waals surface area contributed by atoms with E-state index >= 15 is 0 Å². The number of aliphatic imine (C=N–C) groups is 1. The Labute approximate surface area is 158 Å². The van der Waals surface area contributed by atoms with E-state index in [1.54, 1.807) is 7.05 Å². The van der Waals surface area contributed by atoms with E-state index in [4.69, 9.17) is 16.1 Å². The van der Waals surface area contributed by atoms with Crippen LogP contribution in [0.25, 0.3) is 11.4 Å². The molecular formula is C15H21ClIN5O. The summed E-state index contributed by atoms with van der Waals surface area (Å²) >= 11 is 5.96. The Bertz CT molecular complexity index is 632. The third kappa shape index (κ3) is 6.34. The average Bonchev–Trinajstić information content (AvgIpc) is 2.99. The maximum atomic E-state index is 5.96. The molecular weight excluding hydrogens is 429 g/mol. The first-order valence-electron chi connectivity index (χ1n) is 7.26. The maximum absolute atomic E-state index is 5.96. The molecule has 0 unspecified atom stereocenters. The van der Waals surface area contributed by atoms with E-state index in [-0.39, 0.29) is 24.0 Å². The lowest BCUT2D eigenvalue weighted by molar-refractivity contribution is 0.378. The van der Waals surface area contributed by atoms with E-state index in [1.165, 1.54) is 0 Å². The summed E-state index contributed by atoms with van der Waals surface area (Å²) in [4.78, 5) is 8.50. The van der Waals surface area contributed by atoms with E-state index in [2.05, 4.69) is 32.7 Å². The molecule has 126 valence electrons. The average molecular weight is 450 g/mol. The number of benzene rings is 1. The SMILES string of the molecule is CCCNC(=NC)NCCc1nc(-c2cccc(Cl)c2)no1.I. The molecule has 0 saturated carbocycles. The van der Waals surface area contributed by atoms with Crippen LogP contribution in [-0.4, -0.2) is 36.2 Å². The summed E-state index contributed by atoms with van der Waals surface area (Å²) in [5, 5.41) is 11.0. The first-order chi connectivity index (χ1) is 10.7. The van der Waals surface area contributed by atoms with E-state index in [1.807, 2.05) is 24.3 Å². The minimum atomic E-state index is 0. The van der Waals surface area contributed by atoms with E-state index in [9.17, 15) is 0 Å². The molecule has 0 saturated heterocycles. The number of hydrogen-bond acceptors (Lipinski definition) is 4. The van der Waals surface area contributed by atoms with Gasteiger partial charge in [0.05, 0.1) is 0 Å². The van der Waals surface area contributed by atoms with Crippen LogP contribution in [0, 0.1) is 0 Å². The normalized spacial score (nSPS) is 11.0. The predicted molar refractivity (Wildman–Crippen MR) is 104 cm³/mol. The van der Waals surface area contributed by atoms with E-state index in [0.29, 0.717) is 29.7 Å². The van der Waals surface area contributed by atoms with Crippen molar-refractivity contribution in [2.75, 3.05) is 20.1 Å². The van der Waals surface area contributed by atoms with Gasteiger partial charge in [0.2, 0.25) is 11.7 Å². The van der Waals surface area contributed by atoms with Crippen LogP contribution >= 0.6 is 35.6 Å². The topological polar surface area (TPSA) is 75.3 Å². The summed E-state index contributed by atoms with van der Waals surface area (Å²) in [6.45, 7) is 3.66. The van der Waals surface area contributed by atoms with Gasteiger partial charge in [-0.1, -0.05) is 35.8 Å². The molecule has 0 amide bonds. The Kier molecular flexibility index (Phi) is 8.93. The highest BCUT2D eigenvalue weighted by atomic mass is 127. The Morgan fingerprint density at radius 3 is 2.78 bits per heavy atom. The molecule has 0 aliphatic rings. The Morgan fingerprint density at radius 2 is 2.09 bits per heavy atom. The molecule has 0 aliphatic heterocycles. The summed E-state index contributed by atoms with van der Waals surface area (Å²) in [6.07, 6.45) is 1.67. The third-order valence-corrected chi connectivity index (χ3v) is 3.18. The van der Waals surface area contributed by atoms with Crippen LogP contribution in [0.2, 0.25) is 5.02 Å². The molecule has 2 rings (SSSR count). The molecule has 0 radical (unpaired) electrons. The number of nitrogens with zero attached hydrogens (tertiary/aromatic N) is 3. The number of aromatic nitrogens is 2. The van der Waals surface area contributed by atoms with Crippen LogP contribution in [-0.2, 0) is 6.42 Å². The second-order valence-electron chi connectivity index (χ2n) is 4.70. The predicted octanol–water partition coefficient (Wildman–Crippen LogP) is 3.13. The molecule has 0 spiro atoms. The molecule has 2 N–H and O–H groups in total. The van der Waals surface area contributed by atoms with Gasteiger partial charge in [-0.15, -0.1) is 24.0 Å². The van der Waals surface area contributed by atoms with Crippen molar-refractivity contribution >= 4 is 41.5 Å². The summed E-state index contributed by atoms with van der Waals surface area (Å²) in [6, 6.07) is 7.38. The lowest BCUT2D eigenvalue weighted by Gasteiger charge is -2.09. The number of guanidine groups is 1. The molecule has 0 fully saturated rings. The smallest absolute Gasteiger partial charge is 0.228 e. The van der Waals surface area contributed by atoms with E-state index in [0.717, 1.165) is 24.5 Å². The molecule has 8 heteroatoms. The highest BCUT2D eigenvalue weighted by Crippen LogP contribution is 2.19. The molecule has 0 atom stereocenters. The molecule has 1 aromatic heterocycles. The van der Waals surface area contributed by atoms with Crippen molar-refractivity contribution in [2.45, 2.75) is 19.8 Å². The molecule has 0 bridgehead atoms. The van der Waals surface area contributed by atoms with E-state index < -0.39 is 0 Å². The standard InChI is InChI=1S/C15H20ClN5O.HI/c1-3-8-18-15(17-2)19-9-7-13-20-14(21-22-13)11-5-4-6-12(16)10-11;/h4-6,10H,3,7-9H2,1-2H3,(H2,17,18,19);1H. The quantitative estimate of drug-likeness (QED) is 0.403. The van der Waals surface area contributed by atoms with Gasteiger partial charge < -0.3 is 15.2 Å². The molecule has 6 nitrogen and oxygen atoms in total. The van der Waals surface area contributed by atoms with Gasteiger partial charge in [0.15, 0.2) is 5.96 Å². The zero-order valence-corrected chi connectivity index (χ0v) is 16.3. The Balaban J connectivity index is 0.00000264. The highest BCUT2D eigenvalue weighted by molar-refractivity contribution is 14.0. The molecule has 1 aromatic carbocycles. The van der Waals surface area contributed by atoms with Crippen molar-refractivity contribution in [1.29, 1.82) is 0 Å². The van der Waals surface area contributed by atoms with Crippen LogP contribution in [0.4, 0.5) is 0 Å². The minimum absolute atomic E-state index is 0. The van der Waals surface area contributed by atoms with Crippen molar-refractivity contribution in [2.24, 2.45) is 4.99 Å². The van der Waals surface area contributed by atoms with Gasteiger partial charge in [-0.3, -0.25) is 4.99 Å². The first-order valence-corrected chi connectivity index (χ1v) is 7.63. The second-order valence-corrected chi connectivity index (χ2v) is 5.13. The summed E-state index contributed by atoms with van der Waals surface area (Å²) in [5.74, 6) is 1.90. The third-order valence-electron chi connectivity index (χ3n) is 2.95. The Hall–Kier alpha value is -1.35. The summed E-state index contributed by atoms with van der Waals surface area (Å²) < 4.78 is 5.25. The maximum Gasteiger partial charge on any atom is 0.228 e. The number of halogens is 2. The van der Waals surface area contributed by atoms with Crippen LogP contribution in [0.1, 0.15) is 19.2 Å². The van der Waals surface area contributed by atoms with Crippen molar-refractivity contribution in [3.63, 3.8) is 0 Å². The van der Waals surface area contributed by atoms with Crippen LogP contribution in [0.5, 0.6) is 0 Å². The lowest BCUT2D eigenvalue weighted by Crippen LogP contribution is -2.38. The van der Waals surface area contributed by atoms with Gasteiger partial charge in [0.25, 0.3) is 0 Å². The number of nitrogens with one attached hydrogen (secondary N) is 2. The van der Waals surface area contributed by atoms with Gasteiger partial charge in [-0.25, -0.2) is 0 Å². The second kappa shape index (κ2) is 10.4. The minimum Gasteiger partial charge on any atom is -0.356 e. The van der Waals surface area contributed by atoms with Gasteiger partial charge in [-0.2, -0.15) is 4.98 Å². The fraction of sp³-hybridized carbons (Fsp3) is 0.400. The zero-order chi connectivity index (χ0) is 15.8. The number of rotatable bonds is 6. The van der Waals surface area contributed by atoms with Crippen molar-refractivity contribution < 1.29 is 4.52 Å². The Morgan fingerprint density at radius 1 is 1.30 bits per heavy atom. The summed E-state index contributed by atoms with van der Waals surface area (Å²) in [7, 11) is 1.74. The van der Waals surface area contributed by atoms with Crippen LogP contribution in [0.3, 0.4) is 0 Å². The molecule has 2 aromatic rings. The number of hydrogen-bond donors (Lipinski definition) is 2. The van der Waals surface area contributed by atoms with Gasteiger partial charge in [0.1, 0.15) is 0 Å². The van der Waals surface area contributed by atoms with Crippen molar-refractivity contribution in [3.8, 4) is 11.4 Å². The first kappa shape index (κ1) is 19.7.